The average Bonchev–Trinajstić information content (AvgIpc) is 2.68. The van der Waals surface area contributed by atoms with Gasteiger partial charge in [-0.25, -0.2) is 14.8 Å². The Hall–Kier alpha value is -3.86. The summed E-state index contributed by atoms with van der Waals surface area (Å²) in [5, 5.41) is 9.18. The molecule has 0 amide bonds. The van der Waals surface area contributed by atoms with Crippen molar-refractivity contribution in [1.29, 1.82) is 5.26 Å². The van der Waals surface area contributed by atoms with Crippen LogP contribution in [0.4, 0.5) is 0 Å². The highest BCUT2D eigenvalue weighted by molar-refractivity contribution is 6.07. The zero-order valence-electron chi connectivity index (χ0n) is 17.2. The molecule has 0 aromatic carbocycles. The van der Waals surface area contributed by atoms with Crippen molar-refractivity contribution in [3.8, 4) is 6.07 Å². The quantitative estimate of drug-likeness (QED) is 0.650. The Bertz CT molecular complexity index is 1290. The molecule has 3 aromatic rings. The summed E-state index contributed by atoms with van der Waals surface area (Å²) in [5.74, 6) is -0.505. The molecule has 0 bridgehead atoms. The molecule has 0 aliphatic carbocycles. The van der Waals surface area contributed by atoms with Crippen LogP contribution in [0, 0.1) is 32.1 Å². The standard InChI is InChI=1S/C22H21N5O3/c1-5-17-19(20(28)18-9-12(2)6-14(4)24-18)27(22(30)26-21(17)29)11-16-8-13(3)7-15(10-23)25-16/h6-9H,5,11H2,1-4H3,(H,26,29,30). The summed E-state index contributed by atoms with van der Waals surface area (Å²) >= 11 is 0. The van der Waals surface area contributed by atoms with E-state index in [4.69, 9.17) is 0 Å². The molecular weight excluding hydrogens is 382 g/mol. The van der Waals surface area contributed by atoms with Crippen LogP contribution in [0.15, 0.2) is 33.9 Å². The molecule has 0 saturated carbocycles. The predicted octanol–water partition coefficient (Wildman–Crippen LogP) is 1.97. The topological polar surface area (TPSA) is 121 Å². The number of ketones is 1. The fourth-order valence-corrected chi connectivity index (χ4v) is 3.47. The summed E-state index contributed by atoms with van der Waals surface area (Å²) in [7, 11) is 0. The number of carbonyl (C=O) groups is 1. The van der Waals surface area contributed by atoms with Crippen molar-refractivity contribution < 1.29 is 4.79 Å². The minimum absolute atomic E-state index is 0.00874. The Labute approximate surface area is 172 Å². The van der Waals surface area contributed by atoms with Gasteiger partial charge in [0, 0.05) is 11.3 Å². The Balaban J connectivity index is 2.25. The summed E-state index contributed by atoms with van der Waals surface area (Å²) in [5.41, 5.74) is 2.00. The maximum Gasteiger partial charge on any atom is 0.329 e. The van der Waals surface area contributed by atoms with Crippen LogP contribution in [-0.2, 0) is 13.0 Å². The van der Waals surface area contributed by atoms with E-state index in [2.05, 4.69) is 15.0 Å². The van der Waals surface area contributed by atoms with Crippen molar-refractivity contribution in [3.05, 3.63) is 90.3 Å². The number of pyridine rings is 2. The first-order valence-electron chi connectivity index (χ1n) is 9.47. The second kappa shape index (κ2) is 8.25. The van der Waals surface area contributed by atoms with Crippen LogP contribution in [0.25, 0.3) is 0 Å². The summed E-state index contributed by atoms with van der Waals surface area (Å²) in [6.07, 6.45) is 0.256. The van der Waals surface area contributed by atoms with Crippen LogP contribution in [0.1, 0.15) is 56.9 Å². The lowest BCUT2D eigenvalue weighted by molar-refractivity contribution is 0.102. The van der Waals surface area contributed by atoms with Gasteiger partial charge < -0.3 is 0 Å². The molecule has 0 aliphatic rings. The molecule has 0 spiro atoms. The number of rotatable bonds is 5. The fraction of sp³-hybridized carbons (Fsp3) is 0.273. The molecule has 3 rings (SSSR count). The molecule has 0 radical (unpaired) electrons. The van der Waals surface area contributed by atoms with Gasteiger partial charge in [0.2, 0.25) is 5.78 Å². The van der Waals surface area contributed by atoms with Crippen molar-refractivity contribution in [1.82, 2.24) is 19.5 Å². The number of aromatic nitrogens is 4. The SMILES string of the molecule is CCc1c(C(=O)c2cc(C)cc(C)n2)n(Cc2cc(C)cc(C#N)n2)c(=O)[nH]c1=O. The molecule has 152 valence electrons. The van der Waals surface area contributed by atoms with E-state index in [0.717, 1.165) is 11.1 Å². The third-order valence-electron chi connectivity index (χ3n) is 4.65. The fourth-order valence-electron chi connectivity index (χ4n) is 3.47. The Morgan fingerprint density at radius 1 is 1.10 bits per heavy atom. The molecule has 30 heavy (non-hydrogen) atoms. The number of carbonyl (C=O) groups excluding carboxylic acids is 1. The molecule has 8 heteroatoms. The predicted molar refractivity (Wildman–Crippen MR) is 111 cm³/mol. The highest BCUT2D eigenvalue weighted by atomic mass is 16.2. The molecule has 8 nitrogen and oxygen atoms in total. The van der Waals surface area contributed by atoms with Crippen LogP contribution < -0.4 is 11.2 Å². The van der Waals surface area contributed by atoms with Crippen LogP contribution >= 0.6 is 0 Å². The molecule has 0 aliphatic heterocycles. The normalized spacial score (nSPS) is 10.6. The van der Waals surface area contributed by atoms with Gasteiger partial charge >= 0.3 is 5.69 Å². The summed E-state index contributed by atoms with van der Waals surface area (Å²) < 4.78 is 1.20. The van der Waals surface area contributed by atoms with E-state index in [1.54, 1.807) is 32.0 Å². The minimum atomic E-state index is -0.716. The van der Waals surface area contributed by atoms with Gasteiger partial charge in [0.05, 0.1) is 12.2 Å². The number of nitrogens with one attached hydrogen (secondary N) is 1. The number of aryl methyl sites for hydroxylation is 3. The van der Waals surface area contributed by atoms with Crippen LogP contribution in [0.5, 0.6) is 0 Å². The van der Waals surface area contributed by atoms with E-state index in [0.29, 0.717) is 11.4 Å². The zero-order chi connectivity index (χ0) is 22.0. The Morgan fingerprint density at radius 2 is 1.80 bits per heavy atom. The summed E-state index contributed by atoms with van der Waals surface area (Å²) in [6, 6.07) is 8.80. The lowest BCUT2D eigenvalue weighted by Gasteiger charge is -2.15. The largest absolute Gasteiger partial charge is 0.329 e. The lowest BCUT2D eigenvalue weighted by atomic mass is 10.0. The second-order valence-electron chi connectivity index (χ2n) is 7.16. The van der Waals surface area contributed by atoms with E-state index in [1.165, 1.54) is 4.57 Å². The van der Waals surface area contributed by atoms with Crippen LogP contribution in [0.2, 0.25) is 0 Å². The number of nitriles is 1. The van der Waals surface area contributed by atoms with Gasteiger partial charge in [-0.15, -0.1) is 0 Å². The first-order chi connectivity index (χ1) is 14.2. The van der Waals surface area contributed by atoms with E-state index in [1.807, 2.05) is 26.0 Å². The van der Waals surface area contributed by atoms with Crippen LogP contribution in [-0.4, -0.2) is 25.3 Å². The number of hydrogen-bond donors (Lipinski definition) is 1. The van der Waals surface area contributed by atoms with Crippen LogP contribution in [0.3, 0.4) is 0 Å². The minimum Gasteiger partial charge on any atom is -0.285 e. The molecule has 0 atom stereocenters. The molecule has 0 fully saturated rings. The van der Waals surface area contributed by atoms with Crippen molar-refractivity contribution in [2.45, 2.75) is 40.7 Å². The number of aromatic amines is 1. The summed E-state index contributed by atoms with van der Waals surface area (Å²) in [6.45, 7) is 7.10. The number of nitrogens with zero attached hydrogens (tertiary/aromatic N) is 4. The first-order valence-corrected chi connectivity index (χ1v) is 9.47. The number of H-pyrrole nitrogens is 1. The van der Waals surface area contributed by atoms with Gasteiger partial charge in [0.1, 0.15) is 23.2 Å². The average molecular weight is 403 g/mol. The molecule has 3 aromatic heterocycles. The van der Waals surface area contributed by atoms with Gasteiger partial charge in [0.15, 0.2) is 0 Å². The molecule has 3 heterocycles. The van der Waals surface area contributed by atoms with E-state index in [9.17, 15) is 19.6 Å². The van der Waals surface area contributed by atoms with E-state index in [-0.39, 0.29) is 35.6 Å². The van der Waals surface area contributed by atoms with E-state index < -0.39 is 17.0 Å². The van der Waals surface area contributed by atoms with Gasteiger partial charge in [0.25, 0.3) is 5.56 Å². The third kappa shape index (κ3) is 4.10. The highest BCUT2D eigenvalue weighted by Crippen LogP contribution is 2.14. The van der Waals surface area contributed by atoms with Gasteiger partial charge in [-0.2, -0.15) is 5.26 Å². The molecule has 0 unspecified atom stereocenters. The van der Waals surface area contributed by atoms with Crippen molar-refractivity contribution in [2.24, 2.45) is 0 Å². The Kier molecular flexibility index (Phi) is 5.74. The maximum atomic E-state index is 13.4. The summed E-state index contributed by atoms with van der Waals surface area (Å²) in [4.78, 5) is 49.3. The lowest BCUT2D eigenvalue weighted by Crippen LogP contribution is -2.38. The molecule has 1 N–H and O–H groups in total. The maximum absolute atomic E-state index is 13.4. The zero-order valence-corrected chi connectivity index (χ0v) is 17.2. The van der Waals surface area contributed by atoms with Crippen molar-refractivity contribution in [2.75, 3.05) is 0 Å². The molecule has 0 saturated heterocycles. The van der Waals surface area contributed by atoms with Crippen molar-refractivity contribution in [3.63, 3.8) is 0 Å². The smallest absolute Gasteiger partial charge is 0.285 e. The Morgan fingerprint density at radius 3 is 2.43 bits per heavy atom. The second-order valence-corrected chi connectivity index (χ2v) is 7.16. The van der Waals surface area contributed by atoms with Gasteiger partial charge in [-0.1, -0.05) is 6.92 Å². The third-order valence-corrected chi connectivity index (χ3v) is 4.65. The van der Waals surface area contributed by atoms with Gasteiger partial charge in [-0.3, -0.25) is 19.1 Å². The first kappa shape index (κ1) is 20.9. The van der Waals surface area contributed by atoms with E-state index >= 15 is 0 Å². The molecular formula is C22H21N5O3. The van der Waals surface area contributed by atoms with Crippen molar-refractivity contribution >= 4 is 5.78 Å². The highest BCUT2D eigenvalue weighted by Gasteiger charge is 2.23. The number of hydrogen-bond acceptors (Lipinski definition) is 6. The van der Waals surface area contributed by atoms with Gasteiger partial charge in [-0.05, 0) is 62.6 Å². The monoisotopic (exact) mass is 403 g/mol.